The highest BCUT2D eigenvalue weighted by Gasteiger charge is 2.37. The molecule has 2 aliphatic rings. The van der Waals surface area contributed by atoms with Crippen molar-refractivity contribution in [3.63, 3.8) is 0 Å². The van der Waals surface area contributed by atoms with Gasteiger partial charge >= 0.3 is 0 Å². The van der Waals surface area contributed by atoms with Crippen LogP contribution in [-0.4, -0.2) is 38.7 Å². The third-order valence-electron chi connectivity index (χ3n) is 4.40. The van der Waals surface area contributed by atoms with Gasteiger partial charge in [0.05, 0.1) is 10.6 Å². The van der Waals surface area contributed by atoms with Crippen molar-refractivity contribution >= 4 is 9.84 Å². The number of hydrogen-bond acceptors (Lipinski definition) is 3. The molecule has 1 saturated heterocycles. The van der Waals surface area contributed by atoms with Gasteiger partial charge in [-0.25, -0.2) is 12.8 Å². The lowest BCUT2D eigenvalue weighted by Crippen LogP contribution is -2.27. The van der Waals surface area contributed by atoms with Gasteiger partial charge in [0, 0.05) is 12.0 Å². The van der Waals surface area contributed by atoms with E-state index in [1.807, 2.05) is 0 Å². The highest BCUT2D eigenvalue weighted by Crippen LogP contribution is 2.39. The molecule has 1 aromatic rings. The number of rotatable bonds is 2. The zero-order valence-electron chi connectivity index (χ0n) is 11.0. The highest BCUT2D eigenvalue weighted by atomic mass is 32.2. The van der Waals surface area contributed by atoms with Crippen molar-refractivity contribution in [2.45, 2.75) is 36.1 Å². The molecule has 2 heterocycles. The van der Waals surface area contributed by atoms with Gasteiger partial charge in [-0.05, 0) is 56.6 Å². The predicted molar refractivity (Wildman–Crippen MR) is 71.5 cm³/mol. The first-order valence-corrected chi connectivity index (χ1v) is 8.35. The Bertz CT molecular complexity index is 599. The SMILES string of the molecule is CN1CCC[C@@H]1C[C@@H]1CS(=O)(=O)c2ccc(F)cc21. The molecule has 0 amide bonds. The van der Waals surface area contributed by atoms with E-state index < -0.39 is 9.84 Å². The Morgan fingerprint density at radius 2 is 2.21 bits per heavy atom. The van der Waals surface area contributed by atoms with Gasteiger partial charge in [0.2, 0.25) is 0 Å². The minimum atomic E-state index is -3.22. The van der Waals surface area contributed by atoms with Crippen molar-refractivity contribution in [1.29, 1.82) is 0 Å². The van der Waals surface area contributed by atoms with Crippen LogP contribution in [0.25, 0.3) is 0 Å². The maximum absolute atomic E-state index is 13.4. The molecule has 3 nitrogen and oxygen atoms in total. The Balaban J connectivity index is 1.91. The van der Waals surface area contributed by atoms with Gasteiger partial charge < -0.3 is 4.90 Å². The molecule has 1 fully saturated rings. The molecule has 2 aliphatic heterocycles. The average Bonchev–Trinajstić information content (AvgIpc) is 2.83. The molecule has 5 heteroatoms. The van der Waals surface area contributed by atoms with E-state index in [4.69, 9.17) is 0 Å². The normalized spacial score (nSPS) is 29.6. The summed E-state index contributed by atoms with van der Waals surface area (Å²) in [5.41, 5.74) is 0.681. The molecule has 0 saturated carbocycles. The molecule has 1 aromatic carbocycles. The highest BCUT2D eigenvalue weighted by molar-refractivity contribution is 7.91. The van der Waals surface area contributed by atoms with Crippen molar-refractivity contribution in [3.05, 3.63) is 29.6 Å². The molecule has 104 valence electrons. The lowest BCUT2D eigenvalue weighted by molar-refractivity contribution is 0.286. The van der Waals surface area contributed by atoms with E-state index in [-0.39, 0.29) is 17.5 Å². The van der Waals surface area contributed by atoms with Crippen LogP contribution in [0.2, 0.25) is 0 Å². The Kier molecular flexibility index (Phi) is 3.14. The van der Waals surface area contributed by atoms with Crippen molar-refractivity contribution < 1.29 is 12.8 Å². The van der Waals surface area contributed by atoms with Gasteiger partial charge in [-0.3, -0.25) is 0 Å². The number of benzene rings is 1. The van der Waals surface area contributed by atoms with E-state index in [0.29, 0.717) is 16.5 Å². The summed E-state index contributed by atoms with van der Waals surface area (Å²) in [6.45, 7) is 1.07. The minimum Gasteiger partial charge on any atom is -0.303 e. The fourth-order valence-electron chi connectivity index (χ4n) is 3.37. The second kappa shape index (κ2) is 4.56. The molecule has 0 aromatic heterocycles. The Morgan fingerprint density at radius 1 is 1.42 bits per heavy atom. The molecule has 0 unspecified atom stereocenters. The van der Waals surface area contributed by atoms with Crippen LogP contribution in [-0.2, 0) is 9.84 Å². The summed E-state index contributed by atoms with van der Waals surface area (Å²) in [5, 5.41) is 0. The number of likely N-dealkylation sites (tertiary alicyclic amines) is 1. The third-order valence-corrected chi connectivity index (χ3v) is 6.28. The molecular formula is C14H18FNO2S. The number of sulfone groups is 1. The van der Waals surface area contributed by atoms with Gasteiger partial charge in [0.25, 0.3) is 0 Å². The first-order valence-electron chi connectivity index (χ1n) is 6.70. The lowest BCUT2D eigenvalue weighted by Gasteiger charge is -2.22. The van der Waals surface area contributed by atoms with Crippen molar-refractivity contribution in [1.82, 2.24) is 4.90 Å². The zero-order valence-corrected chi connectivity index (χ0v) is 11.8. The maximum atomic E-state index is 13.4. The van der Waals surface area contributed by atoms with Crippen LogP contribution in [0.1, 0.15) is 30.7 Å². The number of hydrogen-bond donors (Lipinski definition) is 0. The smallest absolute Gasteiger partial charge is 0.179 e. The van der Waals surface area contributed by atoms with E-state index in [1.165, 1.54) is 18.2 Å². The van der Waals surface area contributed by atoms with Crippen LogP contribution in [0.3, 0.4) is 0 Å². The molecule has 19 heavy (non-hydrogen) atoms. The van der Waals surface area contributed by atoms with E-state index in [9.17, 15) is 12.8 Å². The number of halogens is 1. The zero-order chi connectivity index (χ0) is 13.6. The van der Waals surface area contributed by atoms with Crippen LogP contribution >= 0.6 is 0 Å². The summed E-state index contributed by atoms with van der Waals surface area (Å²) < 4.78 is 37.6. The number of fused-ring (bicyclic) bond motifs is 1. The second-order valence-corrected chi connectivity index (χ2v) is 7.68. The Labute approximate surface area is 113 Å². The van der Waals surface area contributed by atoms with Crippen LogP contribution in [0.5, 0.6) is 0 Å². The van der Waals surface area contributed by atoms with Crippen molar-refractivity contribution in [2.75, 3.05) is 19.3 Å². The van der Waals surface area contributed by atoms with Crippen LogP contribution in [0, 0.1) is 5.82 Å². The molecule has 0 bridgehead atoms. The Morgan fingerprint density at radius 3 is 2.89 bits per heavy atom. The summed E-state index contributed by atoms with van der Waals surface area (Å²) in [5.74, 6) is -0.266. The molecule has 0 spiro atoms. The summed E-state index contributed by atoms with van der Waals surface area (Å²) >= 11 is 0. The first kappa shape index (κ1) is 13.1. The van der Waals surface area contributed by atoms with Gasteiger partial charge in [-0.1, -0.05) is 0 Å². The average molecular weight is 283 g/mol. The van der Waals surface area contributed by atoms with E-state index >= 15 is 0 Å². The predicted octanol–water partition coefficient (Wildman–Crippen LogP) is 2.18. The third kappa shape index (κ3) is 2.30. The number of nitrogens with zero attached hydrogens (tertiary/aromatic N) is 1. The monoisotopic (exact) mass is 283 g/mol. The molecule has 0 radical (unpaired) electrons. The standard InChI is InChI=1S/C14H18FNO2S/c1-16-6-2-3-12(16)7-10-9-19(17,18)14-5-4-11(15)8-13(10)14/h4-5,8,10,12H,2-3,6-7,9H2,1H3/t10-,12-/m1/s1. The van der Waals surface area contributed by atoms with Gasteiger partial charge in [-0.2, -0.15) is 0 Å². The van der Waals surface area contributed by atoms with Crippen LogP contribution in [0.4, 0.5) is 4.39 Å². The fraction of sp³-hybridized carbons (Fsp3) is 0.571. The minimum absolute atomic E-state index is 0.0544. The maximum Gasteiger partial charge on any atom is 0.179 e. The van der Waals surface area contributed by atoms with Crippen LogP contribution in [0.15, 0.2) is 23.1 Å². The molecular weight excluding hydrogens is 265 g/mol. The van der Waals surface area contributed by atoms with Gasteiger partial charge in [-0.15, -0.1) is 0 Å². The molecule has 3 rings (SSSR count). The van der Waals surface area contributed by atoms with E-state index in [0.717, 1.165) is 25.8 Å². The van der Waals surface area contributed by atoms with Crippen LogP contribution < -0.4 is 0 Å². The summed E-state index contributed by atoms with van der Waals surface area (Å²) in [7, 11) is -1.14. The van der Waals surface area contributed by atoms with Gasteiger partial charge in [0.15, 0.2) is 9.84 Å². The molecule has 2 atom stereocenters. The van der Waals surface area contributed by atoms with Crippen molar-refractivity contribution in [2.24, 2.45) is 0 Å². The van der Waals surface area contributed by atoms with E-state index in [2.05, 4.69) is 11.9 Å². The Hall–Kier alpha value is -0.940. The van der Waals surface area contributed by atoms with E-state index in [1.54, 1.807) is 0 Å². The largest absolute Gasteiger partial charge is 0.303 e. The first-order chi connectivity index (χ1) is 8.97. The topological polar surface area (TPSA) is 37.4 Å². The summed E-state index contributed by atoms with van der Waals surface area (Å²) in [6, 6.07) is 4.48. The molecule has 0 N–H and O–H groups in total. The lowest BCUT2D eigenvalue weighted by atomic mass is 9.93. The quantitative estimate of drug-likeness (QED) is 0.781. The fourth-order valence-corrected chi connectivity index (χ4v) is 5.25. The second-order valence-electron chi connectivity index (χ2n) is 5.67. The molecule has 0 aliphatic carbocycles. The summed E-state index contributed by atoms with van der Waals surface area (Å²) in [6.07, 6.45) is 3.08. The van der Waals surface area contributed by atoms with Gasteiger partial charge in [0.1, 0.15) is 5.82 Å². The summed E-state index contributed by atoms with van der Waals surface area (Å²) in [4.78, 5) is 2.61. The van der Waals surface area contributed by atoms with Crippen molar-refractivity contribution in [3.8, 4) is 0 Å².